The maximum absolute atomic E-state index is 14.2. The van der Waals surface area contributed by atoms with Crippen LogP contribution in [0.2, 0.25) is 5.02 Å². The third kappa shape index (κ3) is 6.07. The molecule has 1 atom stereocenters. The van der Waals surface area contributed by atoms with Gasteiger partial charge < -0.3 is 4.74 Å². The van der Waals surface area contributed by atoms with Crippen LogP contribution in [-0.2, 0) is 29.0 Å². The molecule has 2 aromatic rings. The van der Waals surface area contributed by atoms with Gasteiger partial charge in [-0.25, -0.2) is 4.39 Å². The third-order valence-electron chi connectivity index (χ3n) is 8.51. The van der Waals surface area contributed by atoms with E-state index in [1.54, 1.807) is 6.07 Å². The molecule has 7 heteroatoms. The summed E-state index contributed by atoms with van der Waals surface area (Å²) in [5.74, 6) is 0.947. The smallest absolute Gasteiger partial charge is 0.229 e. The fourth-order valence-corrected chi connectivity index (χ4v) is 6.63. The molecule has 3 aliphatic rings. The van der Waals surface area contributed by atoms with E-state index in [4.69, 9.17) is 16.3 Å². The van der Waals surface area contributed by atoms with E-state index in [2.05, 4.69) is 24.0 Å². The van der Waals surface area contributed by atoms with E-state index in [-0.39, 0.29) is 28.7 Å². The first-order chi connectivity index (χ1) is 18.4. The van der Waals surface area contributed by atoms with Crippen LogP contribution in [0.4, 0.5) is 4.39 Å². The largest absolute Gasteiger partial charge is 0.491 e. The average Bonchev–Trinajstić information content (AvgIpc) is 3.47. The standard InChI is InChI=1S/C31H38ClFN2O3/c1-2-23-16-22(8-11-29(23)38-15-14-35-30(36)12-13-31(35)37)20-34(19-21-6-4-3-5-7-21)28-10-9-24-17-27(33)26(32)18-25(24)28/h8,11,16-18,21,28H,2-7,9-10,12-15,19-20H2,1H3. The number of imide groups is 1. The average molecular weight is 541 g/mol. The van der Waals surface area contributed by atoms with E-state index in [1.807, 2.05) is 12.1 Å². The number of hydrogen-bond donors (Lipinski definition) is 0. The number of likely N-dealkylation sites (tertiary alicyclic amines) is 1. The van der Waals surface area contributed by atoms with Crippen LogP contribution in [0.5, 0.6) is 5.75 Å². The molecule has 2 amide bonds. The normalized spacial score (nSPS) is 20.0. The highest BCUT2D eigenvalue weighted by Gasteiger charge is 2.31. The van der Waals surface area contributed by atoms with Crippen molar-refractivity contribution >= 4 is 23.4 Å². The first kappa shape index (κ1) is 27.1. The highest BCUT2D eigenvalue weighted by molar-refractivity contribution is 6.30. The Morgan fingerprint density at radius 3 is 2.53 bits per heavy atom. The lowest BCUT2D eigenvalue weighted by Crippen LogP contribution is -2.33. The predicted molar refractivity (Wildman–Crippen MR) is 147 cm³/mol. The van der Waals surface area contributed by atoms with Gasteiger partial charge in [0, 0.05) is 32.0 Å². The minimum Gasteiger partial charge on any atom is -0.491 e. The van der Waals surface area contributed by atoms with Crippen molar-refractivity contribution in [3.05, 3.63) is 63.4 Å². The van der Waals surface area contributed by atoms with E-state index in [0.29, 0.717) is 31.9 Å². The van der Waals surface area contributed by atoms with Gasteiger partial charge in [0.05, 0.1) is 11.6 Å². The highest BCUT2D eigenvalue weighted by atomic mass is 35.5. The summed E-state index contributed by atoms with van der Waals surface area (Å²) < 4.78 is 20.2. The third-order valence-corrected chi connectivity index (χ3v) is 8.79. The Labute approximate surface area is 230 Å². The van der Waals surface area contributed by atoms with Gasteiger partial charge in [0.25, 0.3) is 0 Å². The Morgan fingerprint density at radius 1 is 1.03 bits per heavy atom. The van der Waals surface area contributed by atoms with Gasteiger partial charge in [-0.15, -0.1) is 0 Å². The second kappa shape index (κ2) is 12.2. The van der Waals surface area contributed by atoms with Crippen LogP contribution in [0.1, 0.15) is 86.6 Å². The van der Waals surface area contributed by atoms with Crippen molar-refractivity contribution in [2.24, 2.45) is 5.92 Å². The fourth-order valence-electron chi connectivity index (χ4n) is 6.46. The van der Waals surface area contributed by atoms with Gasteiger partial charge in [0.1, 0.15) is 18.2 Å². The van der Waals surface area contributed by atoms with Gasteiger partial charge in [-0.2, -0.15) is 0 Å². The summed E-state index contributed by atoms with van der Waals surface area (Å²) in [7, 11) is 0. The maximum atomic E-state index is 14.2. The first-order valence-corrected chi connectivity index (χ1v) is 14.6. The molecule has 204 valence electrons. The van der Waals surface area contributed by atoms with E-state index in [9.17, 15) is 14.0 Å². The zero-order chi connectivity index (χ0) is 26.6. The Kier molecular flexibility index (Phi) is 8.69. The number of nitrogens with zero attached hydrogens (tertiary/aromatic N) is 2. The molecule has 1 saturated heterocycles. The molecule has 2 aromatic carbocycles. The van der Waals surface area contributed by atoms with E-state index in [0.717, 1.165) is 49.2 Å². The Balaban J connectivity index is 1.31. The van der Waals surface area contributed by atoms with Crippen LogP contribution in [0.25, 0.3) is 0 Å². The lowest BCUT2D eigenvalue weighted by molar-refractivity contribution is -0.138. The topological polar surface area (TPSA) is 49.9 Å². The van der Waals surface area contributed by atoms with Crippen molar-refractivity contribution in [2.45, 2.75) is 83.7 Å². The Bertz CT molecular complexity index is 1160. The zero-order valence-corrected chi connectivity index (χ0v) is 23.1. The zero-order valence-electron chi connectivity index (χ0n) is 22.3. The van der Waals surface area contributed by atoms with Crippen LogP contribution in [0.3, 0.4) is 0 Å². The summed E-state index contributed by atoms with van der Waals surface area (Å²) in [6.07, 6.45) is 9.78. The number of fused-ring (bicyclic) bond motifs is 1. The van der Waals surface area contributed by atoms with Crippen LogP contribution in [-0.4, -0.2) is 41.3 Å². The highest BCUT2D eigenvalue weighted by Crippen LogP contribution is 2.40. The SMILES string of the molecule is CCc1cc(CN(CC2CCCCC2)C2CCc3cc(F)c(Cl)cc32)ccc1OCCN1C(=O)CCC1=O. The molecule has 5 nitrogen and oxygen atoms in total. The summed E-state index contributed by atoms with van der Waals surface area (Å²) in [4.78, 5) is 27.7. The Morgan fingerprint density at radius 2 is 1.79 bits per heavy atom. The number of ether oxygens (including phenoxy) is 1. The lowest BCUT2D eigenvalue weighted by Gasteiger charge is -2.35. The van der Waals surface area contributed by atoms with E-state index < -0.39 is 0 Å². The molecule has 1 heterocycles. The molecule has 0 spiro atoms. The van der Waals surface area contributed by atoms with Crippen molar-refractivity contribution in [2.75, 3.05) is 19.7 Å². The second-order valence-corrected chi connectivity index (χ2v) is 11.4. The van der Waals surface area contributed by atoms with Crippen molar-refractivity contribution in [3.8, 4) is 5.75 Å². The minimum absolute atomic E-state index is 0.111. The molecule has 0 bridgehead atoms. The summed E-state index contributed by atoms with van der Waals surface area (Å²) in [5.41, 5.74) is 4.61. The molecule has 1 saturated carbocycles. The van der Waals surface area contributed by atoms with Crippen molar-refractivity contribution in [3.63, 3.8) is 0 Å². The maximum Gasteiger partial charge on any atom is 0.229 e. The lowest BCUT2D eigenvalue weighted by atomic mass is 9.88. The molecule has 0 N–H and O–H groups in total. The molecule has 5 rings (SSSR count). The number of rotatable bonds is 10. The fraction of sp³-hybridized carbons (Fsp3) is 0.548. The van der Waals surface area contributed by atoms with Crippen molar-refractivity contribution < 1.29 is 18.7 Å². The van der Waals surface area contributed by atoms with Crippen LogP contribution in [0, 0.1) is 11.7 Å². The number of benzene rings is 2. The number of amides is 2. The van der Waals surface area contributed by atoms with E-state index in [1.165, 1.54) is 48.1 Å². The summed E-state index contributed by atoms with van der Waals surface area (Å²) in [6.45, 7) is 4.56. The number of carbonyl (C=O) groups excluding carboxylic acids is 2. The second-order valence-electron chi connectivity index (χ2n) is 11.0. The number of carbonyl (C=O) groups is 2. The molecular formula is C31H38ClFN2O3. The summed E-state index contributed by atoms with van der Waals surface area (Å²) >= 11 is 6.22. The van der Waals surface area contributed by atoms with E-state index >= 15 is 0 Å². The van der Waals surface area contributed by atoms with Gasteiger partial charge in [-0.3, -0.25) is 19.4 Å². The van der Waals surface area contributed by atoms with Gasteiger partial charge in [-0.05, 0) is 78.5 Å². The predicted octanol–water partition coefficient (Wildman–Crippen LogP) is 6.64. The summed E-state index contributed by atoms with van der Waals surface area (Å²) in [5, 5.41) is 0.209. The molecular weight excluding hydrogens is 503 g/mol. The van der Waals surface area contributed by atoms with Crippen molar-refractivity contribution in [1.82, 2.24) is 9.80 Å². The van der Waals surface area contributed by atoms with Crippen molar-refractivity contribution in [1.29, 1.82) is 0 Å². The molecule has 1 unspecified atom stereocenters. The number of hydrogen-bond acceptors (Lipinski definition) is 4. The molecule has 1 aliphatic heterocycles. The quantitative estimate of drug-likeness (QED) is 0.317. The molecule has 38 heavy (non-hydrogen) atoms. The van der Waals surface area contributed by atoms with Gasteiger partial charge in [0.2, 0.25) is 11.8 Å². The molecule has 2 fully saturated rings. The summed E-state index contributed by atoms with van der Waals surface area (Å²) in [6, 6.07) is 10.1. The monoisotopic (exact) mass is 540 g/mol. The van der Waals surface area contributed by atoms with Gasteiger partial charge in [0.15, 0.2) is 0 Å². The molecule has 0 radical (unpaired) electrons. The Hall–Kier alpha value is -2.44. The first-order valence-electron chi connectivity index (χ1n) is 14.2. The van der Waals surface area contributed by atoms with Gasteiger partial charge in [-0.1, -0.05) is 49.9 Å². The van der Waals surface area contributed by atoms with Crippen LogP contribution < -0.4 is 4.74 Å². The number of aryl methyl sites for hydroxylation is 2. The van der Waals surface area contributed by atoms with Gasteiger partial charge >= 0.3 is 0 Å². The molecule has 0 aromatic heterocycles. The minimum atomic E-state index is -0.327. The molecule has 2 aliphatic carbocycles. The van der Waals surface area contributed by atoms with Crippen LogP contribution in [0.15, 0.2) is 30.3 Å². The number of halogens is 2. The van der Waals surface area contributed by atoms with Crippen LogP contribution >= 0.6 is 11.6 Å².